The van der Waals surface area contributed by atoms with Crippen LogP contribution in [-0.2, 0) is 17.6 Å². The van der Waals surface area contributed by atoms with Crippen molar-refractivity contribution in [1.82, 2.24) is 20.1 Å². The summed E-state index contributed by atoms with van der Waals surface area (Å²) >= 11 is 0. The standard InChI is InChI=1S/C19H19FN4O/c1-14-2-3-15(13-22-14)12-19(25)21-10-8-17-9-11-24(23-17)18-6-4-16(20)5-7-18/h2-7,9,11,13H,8,10,12H2,1H3,(H,21,25). The maximum Gasteiger partial charge on any atom is 0.224 e. The van der Waals surface area contributed by atoms with E-state index >= 15 is 0 Å². The van der Waals surface area contributed by atoms with Crippen LogP contribution in [0, 0.1) is 12.7 Å². The second-order valence-electron chi connectivity index (χ2n) is 5.81. The minimum Gasteiger partial charge on any atom is -0.355 e. The Labute approximate surface area is 145 Å². The average molecular weight is 338 g/mol. The van der Waals surface area contributed by atoms with Crippen LogP contribution >= 0.6 is 0 Å². The van der Waals surface area contributed by atoms with Gasteiger partial charge in [-0.1, -0.05) is 6.07 Å². The lowest BCUT2D eigenvalue weighted by Crippen LogP contribution is -2.27. The van der Waals surface area contributed by atoms with Crippen molar-refractivity contribution in [3.8, 4) is 5.69 Å². The molecule has 0 saturated carbocycles. The lowest BCUT2D eigenvalue weighted by Gasteiger charge is -2.04. The third-order valence-electron chi connectivity index (χ3n) is 3.78. The molecule has 128 valence electrons. The quantitative estimate of drug-likeness (QED) is 0.752. The molecule has 0 saturated heterocycles. The molecule has 3 aromatic rings. The van der Waals surface area contributed by atoms with Crippen LogP contribution in [0.15, 0.2) is 54.9 Å². The zero-order valence-electron chi connectivity index (χ0n) is 13.9. The van der Waals surface area contributed by atoms with Gasteiger partial charge in [-0.3, -0.25) is 9.78 Å². The summed E-state index contributed by atoms with van der Waals surface area (Å²) in [6.07, 6.45) is 4.49. The summed E-state index contributed by atoms with van der Waals surface area (Å²) in [6.45, 7) is 2.42. The van der Waals surface area contributed by atoms with Gasteiger partial charge < -0.3 is 5.32 Å². The number of rotatable bonds is 6. The topological polar surface area (TPSA) is 59.8 Å². The van der Waals surface area contributed by atoms with Gasteiger partial charge in [-0.15, -0.1) is 0 Å². The Morgan fingerprint density at radius 2 is 1.96 bits per heavy atom. The van der Waals surface area contributed by atoms with Crippen molar-refractivity contribution in [3.63, 3.8) is 0 Å². The highest BCUT2D eigenvalue weighted by atomic mass is 19.1. The fourth-order valence-electron chi connectivity index (χ4n) is 2.41. The monoisotopic (exact) mass is 338 g/mol. The molecule has 5 nitrogen and oxygen atoms in total. The molecule has 2 heterocycles. The normalized spacial score (nSPS) is 10.6. The summed E-state index contributed by atoms with van der Waals surface area (Å²) in [4.78, 5) is 16.1. The van der Waals surface area contributed by atoms with Crippen LogP contribution in [0.5, 0.6) is 0 Å². The number of pyridine rings is 1. The number of nitrogens with one attached hydrogen (secondary N) is 1. The molecular weight excluding hydrogens is 319 g/mol. The van der Waals surface area contributed by atoms with Gasteiger partial charge in [0, 0.05) is 31.1 Å². The van der Waals surface area contributed by atoms with E-state index in [0.717, 1.165) is 22.6 Å². The predicted molar refractivity (Wildman–Crippen MR) is 92.9 cm³/mol. The van der Waals surface area contributed by atoms with Crippen molar-refractivity contribution in [1.29, 1.82) is 0 Å². The average Bonchev–Trinajstić information content (AvgIpc) is 3.06. The first-order chi connectivity index (χ1) is 12.1. The van der Waals surface area contributed by atoms with Gasteiger partial charge in [-0.2, -0.15) is 5.10 Å². The van der Waals surface area contributed by atoms with Gasteiger partial charge in [0.1, 0.15) is 5.82 Å². The molecule has 0 fully saturated rings. The van der Waals surface area contributed by atoms with E-state index in [1.54, 1.807) is 23.0 Å². The Morgan fingerprint density at radius 1 is 1.16 bits per heavy atom. The second-order valence-corrected chi connectivity index (χ2v) is 5.81. The highest BCUT2D eigenvalue weighted by Crippen LogP contribution is 2.09. The van der Waals surface area contributed by atoms with E-state index in [-0.39, 0.29) is 11.7 Å². The minimum atomic E-state index is -0.275. The number of halogens is 1. The Balaban J connectivity index is 1.48. The predicted octanol–water partition coefficient (Wildman–Crippen LogP) is 2.62. The fraction of sp³-hybridized carbons (Fsp3) is 0.211. The summed E-state index contributed by atoms with van der Waals surface area (Å²) in [5.41, 5.74) is 3.48. The Hall–Kier alpha value is -3.02. The van der Waals surface area contributed by atoms with Gasteiger partial charge in [0.25, 0.3) is 0 Å². The van der Waals surface area contributed by atoms with Crippen LogP contribution in [0.25, 0.3) is 5.69 Å². The van der Waals surface area contributed by atoms with Gasteiger partial charge >= 0.3 is 0 Å². The van der Waals surface area contributed by atoms with E-state index in [0.29, 0.717) is 19.4 Å². The van der Waals surface area contributed by atoms with Crippen LogP contribution in [0.4, 0.5) is 4.39 Å². The Morgan fingerprint density at radius 3 is 2.68 bits per heavy atom. The van der Waals surface area contributed by atoms with Crippen molar-refractivity contribution >= 4 is 5.91 Å². The first-order valence-corrected chi connectivity index (χ1v) is 8.09. The molecule has 3 rings (SSSR count). The highest BCUT2D eigenvalue weighted by Gasteiger charge is 2.05. The molecule has 0 unspecified atom stereocenters. The molecule has 0 aliphatic rings. The van der Waals surface area contributed by atoms with Crippen molar-refractivity contribution in [2.75, 3.05) is 6.54 Å². The van der Waals surface area contributed by atoms with Crippen LogP contribution in [-0.4, -0.2) is 27.2 Å². The van der Waals surface area contributed by atoms with E-state index in [2.05, 4.69) is 15.4 Å². The first-order valence-electron chi connectivity index (χ1n) is 8.09. The molecule has 1 aromatic carbocycles. The van der Waals surface area contributed by atoms with E-state index in [9.17, 15) is 9.18 Å². The fourth-order valence-corrected chi connectivity index (χ4v) is 2.41. The van der Waals surface area contributed by atoms with E-state index in [1.165, 1.54) is 12.1 Å². The first kappa shape index (κ1) is 16.8. The van der Waals surface area contributed by atoms with Crippen molar-refractivity contribution in [3.05, 3.63) is 77.6 Å². The number of aromatic nitrogens is 3. The Kier molecular flexibility index (Phi) is 5.18. The molecule has 6 heteroatoms. The molecule has 0 atom stereocenters. The zero-order valence-corrected chi connectivity index (χ0v) is 13.9. The van der Waals surface area contributed by atoms with E-state index in [1.807, 2.05) is 31.3 Å². The number of hydrogen-bond donors (Lipinski definition) is 1. The van der Waals surface area contributed by atoms with E-state index in [4.69, 9.17) is 0 Å². The molecular formula is C19H19FN4O. The summed E-state index contributed by atoms with van der Waals surface area (Å²) < 4.78 is 14.6. The SMILES string of the molecule is Cc1ccc(CC(=O)NCCc2ccn(-c3ccc(F)cc3)n2)cn1. The summed E-state index contributed by atoms with van der Waals surface area (Å²) in [5.74, 6) is -0.314. The molecule has 1 amide bonds. The molecule has 1 N–H and O–H groups in total. The number of hydrogen-bond acceptors (Lipinski definition) is 3. The smallest absolute Gasteiger partial charge is 0.224 e. The molecule has 0 aliphatic carbocycles. The lowest BCUT2D eigenvalue weighted by molar-refractivity contribution is -0.120. The molecule has 0 radical (unpaired) electrons. The number of benzene rings is 1. The number of carbonyl (C=O) groups is 1. The van der Waals surface area contributed by atoms with Gasteiger partial charge in [0.2, 0.25) is 5.91 Å². The third-order valence-corrected chi connectivity index (χ3v) is 3.78. The van der Waals surface area contributed by atoms with Crippen molar-refractivity contribution in [2.45, 2.75) is 19.8 Å². The van der Waals surface area contributed by atoms with Crippen molar-refractivity contribution in [2.24, 2.45) is 0 Å². The number of carbonyl (C=O) groups excluding carboxylic acids is 1. The van der Waals surface area contributed by atoms with E-state index < -0.39 is 0 Å². The molecule has 0 bridgehead atoms. The largest absolute Gasteiger partial charge is 0.355 e. The molecule has 25 heavy (non-hydrogen) atoms. The van der Waals surface area contributed by atoms with Gasteiger partial charge in [-0.05, 0) is 48.9 Å². The van der Waals surface area contributed by atoms with Gasteiger partial charge in [0.15, 0.2) is 0 Å². The van der Waals surface area contributed by atoms with Gasteiger partial charge in [-0.25, -0.2) is 9.07 Å². The zero-order chi connectivity index (χ0) is 17.6. The summed E-state index contributed by atoms with van der Waals surface area (Å²) in [5, 5.41) is 7.32. The van der Waals surface area contributed by atoms with Crippen LogP contribution in [0.2, 0.25) is 0 Å². The maximum atomic E-state index is 13.0. The Bertz CT molecular complexity index is 841. The van der Waals surface area contributed by atoms with Crippen LogP contribution < -0.4 is 5.32 Å². The number of amides is 1. The van der Waals surface area contributed by atoms with Crippen molar-refractivity contribution < 1.29 is 9.18 Å². The van der Waals surface area contributed by atoms with Crippen LogP contribution in [0.1, 0.15) is 17.0 Å². The summed E-state index contributed by atoms with van der Waals surface area (Å²) in [7, 11) is 0. The molecule has 0 aliphatic heterocycles. The third kappa shape index (κ3) is 4.73. The lowest BCUT2D eigenvalue weighted by atomic mass is 10.2. The van der Waals surface area contributed by atoms with Crippen LogP contribution in [0.3, 0.4) is 0 Å². The highest BCUT2D eigenvalue weighted by molar-refractivity contribution is 5.78. The molecule has 0 spiro atoms. The maximum absolute atomic E-state index is 13.0. The van der Waals surface area contributed by atoms with Gasteiger partial charge in [0.05, 0.1) is 17.8 Å². The summed E-state index contributed by atoms with van der Waals surface area (Å²) in [6, 6.07) is 11.8. The number of aryl methyl sites for hydroxylation is 1. The molecule has 2 aromatic heterocycles. The number of nitrogens with zero attached hydrogens (tertiary/aromatic N) is 3. The minimum absolute atomic E-state index is 0.0383. The second kappa shape index (κ2) is 7.70.